The molecule has 0 aliphatic carbocycles. The van der Waals surface area contributed by atoms with E-state index in [1.165, 1.54) is 11.3 Å². The van der Waals surface area contributed by atoms with Crippen LogP contribution in [0.1, 0.15) is 39.5 Å². The number of aryl methyl sites for hydroxylation is 2. The third kappa shape index (κ3) is 3.62. The maximum Gasteiger partial charge on any atom is 0.269 e. The Kier molecular flexibility index (Phi) is 4.84. The smallest absolute Gasteiger partial charge is 0.269 e. The number of likely N-dealkylation sites (tertiary alicyclic amines) is 1. The Balaban J connectivity index is 1.33. The van der Waals surface area contributed by atoms with Crippen molar-refractivity contribution in [3.8, 4) is 0 Å². The number of hydrogen-bond donors (Lipinski definition) is 1. The summed E-state index contributed by atoms with van der Waals surface area (Å²) in [6.07, 6.45) is 4.35. The largest absolute Gasteiger partial charge is 0.386 e. The van der Waals surface area contributed by atoms with E-state index in [1.807, 2.05) is 25.3 Å². The molecule has 2 aromatic heterocycles. The number of rotatable bonds is 4. The van der Waals surface area contributed by atoms with Gasteiger partial charge in [0, 0.05) is 25.6 Å². The number of oxime groups is 1. The van der Waals surface area contributed by atoms with E-state index in [4.69, 9.17) is 4.84 Å². The minimum absolute atomic E-state index is 0.0174. The highest BCUT2D eigenvalue weighted by atomic mass is 32.1. The Labute approximate surface area is 166 Å². The summed E-state index contributed by atoms with van der Waals surface area (Å²) in [7, 11) is 0. The molecule has 1 fully saturated rings. The van der Waals surface area contributed by atoms with Gasteiger partial charge >= 0.3 is 0 Å². The molecule has 0 unspecified atom stereocenters. The molecule has 2 aliphatic heterocycles. The molecule has 2 aromatic rings. The van der Waals surface area contributed by atoms with Gasteiger partial charge in [-0.1, -0.05) is 5.16 Å². The molecule has 146 valence electrons. The van der Waals surface area contributed by atoms with Crippen molar-refractivity contribution in [2.75, 3.05) is 13.1 Å². The lowest BCUT2D eigenvalue weighted by Crippen LogP contribution is -2.38. The van der Waals surface area contributed by atoms with Crippen molar-refractivity contribution in [2.24, 2.45) is 5.16 Å². The molecule has 0 saturated carbocycles. The van der Waals surface area contributed by atoms with Crippen LogP contribution in [0.3, 0.4) is 0 Å². The van der Waals surface area contributed by atoms with E-state index in [0.717, 1.165) is 16.1 Å². The molecule has 28 heavy (non-hydrogen) atoms. The van der Waals surface area contributed by atoms with Crippen LogP contribution in [0.2, 0.25) is 0 Å². The number of carbonyl (C=O) groups excluding carboxylic acids is 2. The highest BCUT2D eigenvalue weighted by Crippen LogP contribution is 2.35. The van der Waals surface area contributed by atoms with Gasteiger partial charge in [0.1, 0.15) is 5.71 Å². The number of carbonyl (C=O) groups is 2. The van der Waals surface area contributed by atoms with Crippen molar-refractivity contribution in [3.05, 3.63) is 45.7 Å². The van der Waals surface area contributed by atoms with Crippen LogP contribution in [-0.4, -0.2) is 51.1 Å². The van der Waals surface area contributed by atoms with Crippen molar-refractivity contribution in [2.45, 2.75) is 38.8 Å². The van der Waals surface area contributed by atoms with Gasteiger partial charge in [-0.15, -0.1) is 11.3 Å². The molecular weight excluding hydrogens is 378 g/mol. The second kappa shape index (κ2) is 7.31. The first kappa shape index (κ1) is 18.5. The van der Waals surface area contributed by atoms with Crippen LogP contribution in [0.25, 0.3) is 0 Å². The minimum Gasteiger partial charge on any atom is -0.386 e. The Bertz CT molecular complexity index is 939. The quantitative estimate of drug-likeness (QED) is 0.846. The van der Waals surface area contributed by atoms with E-state index in [2.05, 4.69) is 20.4 Å². The van der Waals surface area contributed by atoms with Crippen molar-refractivity contribution in [3.63, 3.8) is 0 Å². The van der Waals surface area contributed by atoms with Crippen molar-refractivity contribution in [1.29, 1.82) is 0 Å². The lowest BCUT2D eigenvalue weighted by Gasteiger charge is -2.21. The SMILES string of the molecule is Cc1cnc(CNC(=O)C2=NO[C@]3(CCN(C(=O)c4sccc4C)C3)C2)cn1. The fourth-order valence-corrected chi connectivity index (χ4v) is 4.29. The Morgan fingerprint density at radius 2 is 2.18 bits per heavy atom. The highest BCUT2D eigenvalue weighted by molar-refractivity contribution is 7.12. The predicted molar refractivity (Wildman–Crippen MR) is 104 cm³/mol. The van der Waals surface area contributed by atoms with Gasteiger partial charge in [-0.05, 0) is 30.9 Å². The highest BCUT2D eigenvalue weighted by Gasteiger charge is 2.48. The van der Waals surface area contributed by atoms with Gasteiger partial charge in [0.15, 0.2) is 5.60 Å². The maximum absolute atomic E-state index is 12.7. The number of hydrogen-bond acceptors (Lipinski definition) is 7. The topological polar surface area (TPSA) is 96.8 Å². The zero-order valence-electron chi connectivity index (χ0n) is 15.8. The average molecular weight is 399 g/mol. The van der Waals surface area contributed by atoms with Gasteiger partial charge in [-0.3, -0.25) is 19.6 Å². The molecule has 1 N–H and O–H groups in total. The summed E-state index contributed by atoms with van der Waals surface area (Å²) in [4.78, 5) is 41.7. The monoisotopic (exact) mass is 399 g/mol. The van der Waals surface area contributed by atoms with Crippen LogP contribution in [0.5, 0.6) is 0 Å². The van der Waals surface area contributed by atoms with E-state index in [0.29, 0.717) is 37.3 Å². The van der Waals surface area contributed by atoms with E-state index in [1.54, 1.807) is 17.3 Å². The minimum atomic E-state index is -0.600. The Hall–Kier alpha value is -2.81. The zero-order valence-corrected chi connectivity index (χ0v) is 16.6. The van der Waals surface area contributed by atoms with Gasteiger partial charge in [-0.25, -0.2) is 0 Å². The molecule has 4 rings (SSSR count). The van der Waals surface area contributed by atoms with E-state index in [9.17, 15) is 9.59 Å². The number of thiophene rings is 1. The summed E-state index contributed by atoms with van der Waals surface area (Å²) in [5.74, 6) is -0.262. The van der Waals surface area contributed by atoms with Crippen LogP contribution in [-0.2, 0) is 16.2 Å². The predicted octanol–water partition coefficient (Wildman–Crippen LogP) is 1.83. The summed E-state index contributed by atoms with van der Waals surface area (Å²) < 4.78 is 0. The molecule has 1 spiro atoms. The number of aromatic nitrogens is 2. The molecule has 2 aliphatic rings. The lowest BCUT2D eigenvalue weighted by molar-refractivity contribution is -0.115. The van der Waals surface area contributed by atoms with Crippen molar-refractivity contribution < 1.29 is 14.4 Å². The van der Waals surface area contributed by atoms with Crippen LogP contribution in [0.4, 0.5) is 0 Å². The fraction of sp³-hybridized carbons (Fsp3) is 0.421. The summed E-state index contributed by atoms with van der Waals surface area (Å²) in [6, 6.07) is 1.94. The van der Waals surface area contributed by atoms with Crippen LogP contribution < -0.4 is 5.32 Å². The molecule has 1 saturated heterocycles. The van der Waals surface area contributed by atoms with Crippen molar-refractivity contribution >= 4 is 28.9 Å². The molecule has 9 heteroatoms. The molecule has 0 aromatic carbocycles. The molecule has 8 nitrogen and oxygen atoms in total. The summed E-state index contributed by atoms with van der Waals surface area (Å²) >= 11 is 1.45. The number of amides is 2. The second-order valence-electron chi connectivity index (χ2n) is 7.23. The fourth-order valence-electron chi connectivity index (χ4n) is 3.40. The first-order chi connectivity index (χ1) is 13.5. The van der Waals surface area contributed by atoms with Crippen LogP contribution in [0, 0.1) is 13.8 Å². The Morgan fingerprint density at radius 3 is 2.89 bits per heavy atom. The molecule has 1 atom stereocenters. The Morgan fingerprint density at radius 1 is 1.32 bits per heavy atom. The summed E-state index contributed by atoms with van der Waals surface area (Å²) in [6.45, 7) is 5.10. The zero-order chi connectivity index (χ0) is 19.7. The van der Waals surface area contributed by atoms with E-state index in [-0.39, 0.29) is 18.4 Å². The molecule has 2 amide bonds. The average Bonchev–Trinajstić information content (AvgIpc) is 3.42. The van der Waals surface area contributed by atoms with Crippen LogP contribution in [0.15, 0.2) is 29.0 Å². The van der Waals surface area contributed by atoms with Gasteiger partial charge in [0.2, 0.25) is 0 Å². The summed E-state index contributed by atoms with van der Waals surface area (Å²) in [5, 5.41) is 8.73. The lowest BCUT2D eigenvalue weighted by atomic mass is 9.96. The van der Waals surface area contributed by atoms with Gasteiger partial charge < -0.3 is 15.1 Å². The number of nitrogens with zero attached hydrogens (tertiary/aromatic N) is 4. The standard InChI is InChI=1S/C19H21N5O3S/c1-12-3-6-28-16(12)18(26)24-5-4-19(11-24)7-15(23-27-19)17(25)22-10-14-9-20-13(2)8-21-14/h3,6,8-9H,4-5,7,10-11H2,1-2H3,(H,22,25)/t19-/m1/s1. The maximum atomic E-state index is 12.7. The van der Waals surface area contributed by atoms with Gasteiger partial charge in [0.25, 0.3) is 11.8 Å². The number of nitrogens with one attached hydrogen (secondary N) is 1. The van der Waals surface area contributed by atoms with Crippen molar-refractivity contribution in [1.82, 2.24) is 20.2 Å². The summed E-state index contributed by atoms with van der Waals surface area (Å²) in [5.41, 5.74) is 2.23. The first-order valence-electron chi connectivity index (χ1n) is 9.10. The third-order valence-electron chi connectivity index (χ3n) is 5.03. The molecular formula is C19H21N5O3S. The van der Waals surface area contributed by atoms with Gasteiger partial charge in [0.05, 0.1) is 35.6 Å². The first-order valence-corrected chi connectivity index (χ1v) is 9.98. The molecule has 4 heterocycles. The van der Waals surface area contributed by atoms with E-state index < -0.39 is 5.60 Å². The molecule has 0 bridgehead atoms. The van der Waals surface area contributed by atoms with Crippen LogP contribution >= 0.6 is 11.3 Å². The molecule has 0 radical (unpaired) electrons. The van der Waals surface area contributed by atoms with E-state index >= 15 is 0 Å². The van der Waals surface area contributed by atoms with Gasteiger partial charge in [-0.2, -0.15) is 0 Å². The third-order valence-corrected chi connectivity index (χ3v) is 6.03. The second-order valence-corrected chi connectivity index (χ2v) is 8.15. The normalized spacial score (nSPS) is 20.9.